The van der Waals surface area contributed by atoms with Crippen molar-refractivity contribution in [2.45, 2.75) is 31.8 Å². The van der Waals surface area contributed by atoms with Gasteiger partial charge in [0.2, 0.25) is 5.90 Å². The van der Waals surface area contributed by atoms with Crippen LogP contribution < -0.4 is 10.1 Å². The summed E-state index contributed by atoms with van der Waals surface area (Å²) in [4.78, 5) is 18.4. The number of hydrogen-bond donors (Lipinski definition) is 2. The lowest BCUT2D eigenvalue weighted by Gasteiger charge is -2.24. The maximum atomic E-state index is 13.6. The number of carbonyl (C=O) groups excluding carboxylic acids is 1. The molecule has 0 saturated heterocycles. The topological polar surface area (TPSA) is 80.2 Å². The number of nitrogens with one attached hydrogen (secondary N) is 1. The SMILES string of the molecule is Cc1cccc(CNC(=O)[C@@]2(Cc3ccccc3Br)COC(c3ccc(OCCCO)cc3)=N2)c1. The zero-order valence-corrected chi connectivity index (χ0v) is 21.3. The minimum Gasteiger partial charge on any atom is -0.494 e. The molecular weight excluding hydrogens is 508 g/mol. The summed E-state index contributed by atoms with van der Waals surface area (Å²) in [6, 6.07) is 23.3. The van der Waals surface area contributed by atoms with Gasteiger partial charge in [-0.1, -0.05) is 64.0 Å². The van der Waals surface area contributed by atoms with Crippen LogP contribution in [-0.4, -0.2) is 42.3 Å². The minimum atomic E-state index is -1.08. The first-order chi connectivity index (χ1) is 17.0. The molecule has 0 unspecified atom stereocenters. The van der Waals surface area contributed by atoms with Gasteiger partial charge < -0.3 is 19.9 Å². The highest BCUT2D eigenvalue weighted by molar-refractivity contribution is 9.10. The fourth-order valence-electron chi connectivity index (χ4n) is 3.96. The number of benzene rings is 3. The van der Waals surface area contributed by atoms with E-state index in [1.54, 1.807) is 0 Å². The third-order valence-corrected chi connectivity index (χ3v) is 6.61. The fourth-order valence-corrected chi connectivity index (χ4v) is 4.38. The lowest BCUT2D eigenvalue weighted by atomic mass is 9.91. The van der Waals surface area contributed by atoms with Crippen LogP contribution >= 0.6 is 15.9 Å². The van der Waals surface area contributed by atoms with Crippen molar-refractivity contribution < 1.29 is 19.4 Å². The van der Waals surface area contributed by atoms with Gasteiger partial charge in [-0.25, -0.2) is 4.99 Å². The normalized spacial score (nSPS) is 16.9. The van der Waals surface area contributed by atoms with E-state index in [1.165, 1.54) is 0 Å². The second kappa shape index (κ2) is 11.5. The first kappa shape index (κ1) is 24.9. The molecule has 1 atom stereocenters. The van der Waals surface area contributed by atoms with Crippen molar-refractivity contribution in [3.63, 3.8) is 0 Å². The predicted octanol–water partition coefficient (Wildman–Crippen LogP) is 4.59. The molecule has 0 spiro atoms. The molecule has 0 aliphatic carbocycles. The Morgan fingerprint density at radius 1 is 1.14 bits per heavy atom. The van der Waals surface area contributed by atoms with Crippen molar-refractivity contribution in [2.75, 3.05) is 19.8 Å². The van der Waals surface area contributed by atoms with E-state index in [9.17, 15) is 4.79 Å². The maximum absolute atomic E-state index is 13.6. The third kappa shape index (κ3) is 6.29. The van der Waals surface area contributed by atoms with E-state index in [0.29, 0.717) is 37.6 Å². The van der Waals surface area contributed by atoms with Gasteiger partial charge in [0, 0.05) is 36.0 Å². The standard InChI is InChI=1S/C28H29BrN2O4/c1-20-6-4-7-21(16-20)18-30-27(33)28(17-23-8-2-3-9-25(23)29)19-35-26(31-28)22-10-12-24(13-11-22)34-15-5-14-32/h2-4,6-13,16,32H,5,14-15,17-19H2,1H3,(H,30,33)/t28-/m1/s1. The summed E-state index contributed by atoms with van der Waals surface area (Å²) in [5, 5.41) is 12.0. The quantitative estimate of drug-likeness (QED) is 0.371. The molecule has 0 radical (unpaired) electrons. The summed E-state index contributed by atoms with van der Waals surface area (Å²) in [5.74, 6) is 0.967. The summed E-state index contributed by atoms with van der Waals surface area (Å²) in [6.07, 6.45) is 0.979. The van der Waals surface area contributed by atoms with Crippen molar-refractivity contribution in [3.8, 4) is 5.75 Å². The highest BCUT2D eigenvalue weighted by atomic mass is 79.9. The molecule has 0 saturated carbocycles. The molecular formula is C28H29BrN2O4. The van der Waals surface area contributed by atoms with Crippen LogP contribution in [-0.2, 0) is 22.5 Å². The van der Waals surface area contributed by atoms with Gasteiger partial charge in [0.15, 0.2) is 5.54 Å². The van der Waals surface area contributed by atoms with E-state index in [0.717, 1.165) is 26.7 Å². The number of aliphatic imine (C=N–C) groups is 1. The van der Waals surface area contributed by atoms with Crippen LogP contribution in [0.3, 0.4) is 0 Å². The number of hydrogen-bond acceptors (Lipinski definition) is 5. The molecule has 6 nitrogen and oxygen atoms in total. The van der Waals surface area contributed by atoms with Crippen molar-refractivity contribution in [2.24, 2.45) is 4.99 Å². The Morgan fingerprint density at radius 2 is 1.94 bits per heavy atom. The molecule has 0 bridgehead atoms. The van der Waals surface area contributed by atoms with E-state index < -0.39 is 5.54 Å². The average molecular weight is 537 g/mol. The average Bonchev–Trinajstić information content (AvgIpc) is 3.30. The second-order valence-corrected chi connectivity index (χ2v) is 9.48. The van der Waals surface area contributed by atoms with E-state index in [4.69, 9.17) is 19.6 Å². The summed E-state index contributed by atoms with van der Waals surface area (Å²) >= 11 is 3.60. The number of aryl methyl sites for hydroxylation is 1. The predicted molar refractivity (Wildman–Crippen MR) is 140 cm³/mol. The van der Waals surface area contributed by atoms with Crippen molar-refractivity contribution in [1.29, 1.82) is 0 Å². The Kier molecular flexibility index (Phi) is 8.21. The largest absolute Gasteiger partial charge is 0.494 e. The lowest BCUT2D eigenvalue weighted by molar-refractivity contribution is -0.126. The summed E-state index contributed by atoms with van der Waals surface area (Å²) in [5.41, 5.74) is 2.86. The van der Waals surface area contributed by atoms with E-state index in [2.05, 4.69) is 27.3 Å². The molecule has 2 N–H and O–H groups in total. The number of nitrogens with zero attached hydrogens (tertiary/aromatic N) is 1. The van der Waals surface area contributed by atoms with Gasteiger partial charge in [0.25, 0.3) is 5.91 Å². The second-order valence-electron chi connectivity index (χ2n) is 8.63. The number of amides is 1. The van der Waals surface area contributed by atoms with Crippen LogP contribution in [0.2, 0.25) is 0 Å². The van der Waals surface area contributed by atoms with Crippen LogP contribution in [0.5, 0.6) is 5.75 Å². The molecule has 1 aliphatic heterocycles. The molecule has 1 heterocycles. The van der Waals surface area contributed by atoms with E-state index in [1.807, 2.05) is 73.7 Å². The van der Waals surface area contributed by atoms with E-state index >= 15 is 0 Å². The highest BCUT2D eigenvalue weighted by Gasteiger charge is 2.44. The molecule has 0 fully saturated rings. The summed E-state index contributed by atoms with van der Waals surface area (Å²) < 4.78 is 12.5. The molecule has 35 heavy (non-hydrogen) atoms. The number of aliphatic hydroxyl groups is 1. The van der Waals surface area contributed by atoms with Gasteiger partial charge in [-0.15, -0.1) is 0 Å². The summed E-state index contributed by atoms with van der Waals surface area (Å²) in [6.45, 7) is 3.14. The van der Waals surface area contributed by atoms with Gasteiger partial charge in [0.1, 0.15) is 12.4 Å². The number of rotatable bonds is 10. The monoisotopic (exact) mass is 536 g/mol. The van der Waals surface area contributed by atoms with E-state index in [-0.39, 0.29) is 19.1 Å². The Hall–Kier alpha value is -3.16. The number of ether oxygens (including phenoxy) is 2. The molecule has 3 aromatic rings. The minimum absolute atomic E-state index is 0.0916. The third-order valence-electron chi connectivity index (χ3n) is 5.83. The van der Waals surface area contributed by atoms with Gasteiger partial charge in [-0.3, -0.25) is 4.79 Å². The number of halogens is 1. The maximum Gasteiger partial charge on any atom is 0.252 e. The molecule has 1 aliphatic rings. The Morgan fingerprint density at radius 3 is 2.69 bits per heavy atom. The molecule has 0 aromatic heterocycles. The molecule has 3 aromatic carbocycles. The fraction of sp³-hybridized carbons (Fsp3) is 0.286. The van der Waals surface area contributed by atoms with Crippen LogP contribution in [0.15, 0.2) is 82.3 Å². The Bertz CT molecular complexity index is 1200. The number of carbonyl (C=O) groups is 1. The van der Waals surface area contributed by atoms with Gasteiger partial charge in [-0.2, -0.15) is 0 Å². The van der Waals surface area contributed by atoms with Crippen LogP contribution in [0.25, 0.3) is 0 Å². The molecule has 4 rings (SSSR count). The summed E-state index contributed by atoms with van der Waals surface area (Å²) in [7, 11) is 0. The zero-order chi connectivity index (χ0) is 24.7. The first-order valence-corrected chi connectivity index (χ1v) is 12.4. The van der Waals surface area contributed by atoms with Gasteiger partial charge >= 0.3 is 0 Å². The molecule has 1 amide bonds. The lowest BCUT2D eigenvalue weighted by Crippen LogP contribution is -2.48. The molecule has 182 valence electrons. The van der Waals surface area contributed by atoms with Crippen LogP contribution in [0.4, 0.5) is 0 Å². The molecule has 7 heteroatoms. The van der Waals surface area contributed by atoms with Crippen molar-refractivity contribution in [1.82, 2.24) is 5.32 Å². The van der Waals surface area contributed by atoms with Crippen LogP contribution in [0, 0.1) is 6.92 Å². The first-order valence-electron chi connectivity index (χ1n) is 11.6. The Labute approximate surface area is 214 Å². The van der Waals surface area contributed by atoms with Crippen LogP contribution in [0.1, 0.15) is 28.7 Å². The zero-order valence-electron chi connectivity index (χ0n) is 19.7. The van der Waals surface area contributed by atoms with Gasteiger partial charge in [-0.05, 0) is 48.4 Å². The Balaban J connectivity index is 1.57. The van der Waals surface area contributed by atoms with Crippen molar-refractivity contribution >= 4 is 27.7 Å². The highest BCUT2D eigenvalue weighted by Crippen LogP contribution is 2.30. The smallest absolute Gasteiger partial charge is 0.252 e. The number of aliphatic hydroxyl groups excluding tert-OH is 1. The van der Waals surface area contributed by atoms with Crippen molar-refractivity contribution in [3.05, 3.63) is 99.5 Å². The van der Waals surface area contributed by atoms with Gasteiger partial charge in [0.05, 0.1) is 6.61 Å².